The zero-order valence-corrected chi connectivity index (χ0v) is 8.32. The minimum Gasteiger partial charge on any atom is -0.394 e. The molecule has 6 heteroatoms. The van der Waals surface area contributed by atoms with Crippen molar-refractivity contribution in [1.29, 1.82) is 0 Å². The summed E-state index contributed by atoms with van der Waals surface area (Å²) >= 11 is 0. The summed E-state index contributed by atoms with van der Waals surface area (Å²) in [6, 6.07) is 0. The Hall–Kier alpha value is -1.14. The van der Waals surface area contributed by atoms with Crippen LogP contribution in [-0.2, 0) is 11.3 Å². The van der Waals surface area contributed by atoms with Crippen LogP contribution in [0.3, 0.4) is 0 Å². The van der Waals surface area contributed by atoms with Crippen LogP contribution in [0.4, 0.5) is 10.2 Å². The van der Waals surface area contributed by atoms with E-state index in [9.17, 15) is 4.39 Å². The molecule has 15 heavy (non-hydrogen) atoms. The van der Waals surface area contributed by atoms with Gasteiger partial charge in [0.1, 0.15) is 5.69 Å². The van der Waals surface area contributed by atoms with Gasteiger partial charge in [-0.2, -0.15) is 5.10 Å². The highest BCUT2D eigenvalue weighted by molar-refractivity contribution is 5.35. The fourth-order valence-corrected chi connectivity index (χ4v) is 1.75. The second-order valence-corrected chi connectivity index (χ2v) is 3.59. The number of nitrogens with two attached hydrogens (primary N) is 1. The van der Waals surface area contributed by atoms with Gasteiger partial charge in [0.15, 0.2) is 11.6 Å². The molecule has 1 aliphatic rings. The van der Waals surface area contributed by atoms with Gasteiger partial charge in [0, 0.05) is 12.5 Å². The van der Waals surface area contributed by atoms with E-state index in [0.717, 1.165) is 6.42 Å². The molecule has 2 rings (SSSR count). The SMILES string of the molecule is Nc1c(F)c(C2CCOC2)nn1CCO. The Labute approximate surface area is 86.6 Å². The van der Waals surface area contributed by atoms with E-state index in [2.05, 4.69) is 5.10 Å². The van der Waals surface area contributed by atoms with Crippen LogP contribution in [0.1, 0.15) is 18.0 Å². The standard InChI is InChI=1S/C9H14FN3O2/c10-7-8(6-1-4-15-5-6)12-13(2-3-14)9(7)11/h6,14H,1-5,11H2. The number of nitrogen functional groups attached to an aromatic ring is 1. The molecule has 84 valence electrons. The van der Waals surface area contributed by atoms with Crippen LogP contribution in [0.5, 0.6) is 0 Å². The third kappa shape index (κ3) is 1.82. The third-order valence-electron chi connectivity index (χ3n) is 2.58. The number of nitrogens with zero attached hydrogens (tertiary/aromatic N) is 2. The molecule has 0 aliphatic carbocycles. The van der Waals surface area contributed by atoms with Crippen LogP contribution in [0.2, 0.25) is 0 Å². The molecule has 0 spiro atoms. The molecule has 1 atom stereocenters. The smallest absolute Gasteiger partial charge is 0.188 e. The summed E-state index contributed by atoms with van der Waals surface area (Å²) in [5, 5.41) is 12.8. The summed E-state index contributed by atoms with van der Waals surface area (Å²) in [5.74, 6) is -0.489. The topological polar surface area (TPSA) is 73.3 Å². The van der Waals surface area contributed by atoms with Gasteiger partial charge in [-0.05, 0) is 6.42 Å². The second kappa shape index (κ2) is 4.16. The lowest BCUT2D eigenvalue weighted by atomic mass is 10.1. The van der Waals surface area contributed by atoms with Gasteiger partial charge in [-0.15, -0.1) is 0 Å². The lowest BCUT2D eigenvalue weighted by molar-refractivity contribution is 0.193. The lowest BCUT2D eigenvalue weighted by Crippen LogP contribution is -2.08. The average Bonchev–Trinajstić information content (AvgIpc) is 2.82. The van der Waals surface area contributed by atoms with Crippen LogP contribution in [-0.4, -0.2) is 34.7 Å². The first-order valence-corrected chi connectivity index (χ1v) is 4.94. The molecule has 1 unspecified atom stereocenters. The molecule has 0 bridgehead atoms. The summed E-state index contributed by atoms with van der Waals surface area (Å²) in [7, 11) is 0. The molecular weight excluding hydrogens is 201 g/mol. The van der Waals surface area contributed by atoms with Crippen molar-refractivity contribution in [3.63, 3.8) is 0 Å². The van der Waals surface area contributed by atoms with Crippen LogP contribution < -0.4 is 5.73 Å². The molecule has 0 amide bonds. The summed E-state index contributed by atoms with van der Waals surface area (Å²) < 4.78 is 20.1. The molecule has 1 saturated heterocycles. The first-order chi connectivity index (χ1) is 7.24. The number of halogens is 1. The highest BCUT2D eigenvalue weighted by Gasteiger charge is 2.26. The molecule has 2 heterocycles. The maximum absolute atomic E-state index is 13.7. The van der Waals surface area contributed by atoms with Gasteiger partial charge in [-0.3, -0.25) is 0 Å². The zero-order valence-electron chi connectivity index (χ0n) is 8.32. The van der Waals surface area contributed by atoms with Crippen LogP contribution in [0.25, 0.3) is 0 Å². The van der Waals surface area contributed by atoms with Crippen LogP contribution in [0.15, 0.2) is 0 Å². The van der Waals surface area contributed by atoms with Crippen molar-refractivity contribution in [2.45, 2.75) is 18.9 Å². The first-order valence-electron chi connectivity index (χ1n) is 4.94. The normalized spacial score (nSPS) is 21.1. The minimum absolute atomic E-state index is 0.00718. The maximum Gasteiger partial charge on any atom is 0.188 e. The second-order valence-electron chi connectivity index (χ2n) is 3.59. The Kier molecular flexibility index (Phi) is 2.88. The van der Waals surface area contributed by atoms with E-state index in [4.69, 9.17) is 15.6 Å². The predicted molar refractivity (Wildman–Crippen MR) is 51.9 cm³/mol. The Morgan fingerprint density at radius 3 is 3.07 bits per heavy atom. The molecule has 5 nitrogen and oxygen atoms in total. The number of anilines is 1. The van der Waals surface area contributed by atoms with Crippen LogP contribution >= 0.6 is 0 Å². The molecule has 1 aromatic heterocycles. The van der Waals surface area contributed by atoms with E-state index in [0.29, 0.717) is 18.9 Å². The number of ether oxygens (including phenoxy) is 1. The molecule has 1 fully saturated rings. The first kappa shape index (κ1) is 10.4. The van der Waals surface area contributed by atoms with E-state index < -0.39 is 5.82 Å². The van der Waals surface area contributed by atoms with Crippen molar-refractivity contribution >= 4 is 5.82 Å². The number of hydrogen-bond donors (Lipinski definition) is 2. The molecule has 0 saturated carbocycles. The van der Waals surface area contributed by atoms with E-state index in [1.165, 1.54) is 4.68 Å². The van der Waals surface area contributed by atoms with Crippen molar-refractivity contribution in [2.24, 2.45) is 0 Å². The molecule has 1 aliphatic heterocycles. The quantitative estimate of drug-likeness (QED) is 0.750. The average molecular weight is 215 g/mol. The van der Waals surface area contributed by atoms with E-state index in [1.54, 1.807) is 0 Å². The van der Waals surface area contributed by atoms with Crippen LogP contribution in [0, 0.1) is 5.82 Å². The van der Waals surface area contributed by atoms with Gasteiger partial charge < -0.3 is 15.6 Å². The molecule has 1 aromatic rings. The molecule has 3 N–H and O–H groups in total. The molecule has 0 radical (unpaired) electrons. The van der Waals surface area contributed by atoms with Gasteiger partial charge in [0.05, 0.1) is 19.8 Å². The monoisotopic (exact) mass is 215 g/mol. The highest BCUT2D eigenvalue weighted by atomic mass is 19.1. The van der Waals surface area contributed by atoms with Crippen molar-refractivity contribution in [3.8, 4) is 0 Å². The van der Waals surface area contributed by atoms with Gasteiger partial charge in [0.25, 0.3) is 0 Å². The predicted octanol–water partition coefficient (Wildman–Crippen LogP) is 0.101. The number of aliphatic hydroxyl groups is 1. The van der Waals surface area contributed by atoms with E-state index in [-0.39, 0.29) is 24.9 Å². The van der Waals surface area contributed by atoms with Crippen molar-refractivity contribution in [1.82, 2.24) is 9.78 Å². The van der Waals surface area contributed by atoms with E-state index >= 15 is 0 Å². The maximum atomic E-state index is 13.7. The fraction of sp³-hybridized carbons (Fsp3) is 0.667. The lowest BCUT2D eigenvalue weighted by Gasteiger charge is -2.02. The largest absolute Gasteiger partial charge is 0.394 e. The van der Waals surface area contributed by atoms with Gasteiger partial charge in [-0.1, -0.05) is 0 Å². The summed E-state index contributed by atoms with van der Waals surface area (Å²) in [4.78, 5) is 0. The van der Waals surface area contributed by atoms with E-state index in [1.807, 2.05) is 0 Å². The number of rotatable bonds is 3. The summed E-state index contributed by atoms with van der Waals surface area (Å²) in [6.45, 7) is 1.24. The van der Waals surface area contributed by atoms with Gasteiger partial charge in [0.2, 0.25) is 0 Å². The van der Waals surface area contributed by atoms with Gasteiger partial charge in [-0.25, -0.2) is 9.07 Å². The molecule has 0 aromatic carbocycles. The highest BCUT2D eigenvalue weighted by Crippen LogP contribution is 2.28. The fourth-order valence-electron chi connectivity index (χ4n) is 1.75. The Bertz CT molecular complexity index is 347. The zero-order chi connectivity index (χ0) is 10.8. The number of aliphatic hydroxyl groups excluding tert-OH is 1. The van der Waals surface area contributed by atoms with Crippen molar-refractivity contribution in [3.05, 3.63) is 11.5 Å². The summed E-state index contributed by atoms with van der Waals surface area (Å²) in [6.07, 6.45) is 0.770. The van der Waals surface area contributed by atoms with Gasteiger partial charge >= 0.3 is 0 Å². The Morgan fingerprint density at radius 2 is 2.47 bits per heavy atom. The minimum atomic E-state index is -0.473. The number of aromatic nitrogens is 2. The summed E-state index contributed by atoms with van der Waals surface area (Å²) in [5.41, 5.74) is 5.89. The third-order valence-corrected chi connectivity index (χ3v) is 2.58. The van der Waals surface area contributed by atoms with Crippen molar-refractivity contribution < 1.29 is 14.2 Å². The van der Waals surface area contributed by atoms with Crippen molar-refractivity contribution in [2.75, 3.05) is 25.6 Å². The Morgan fingerprint density at radius 1 is 1.67 bits per heavy atom. The number of hydrogen-bond acceptors (Lipinski definition) is 4. The Balaban J connectivity index is 2.27. The molecular formula is C9H14FN3O2.